The molecule has 0 aliphatic heterocycles. The lowest BCUT2D eigenvalue weighted by Crippen LogP contribution is -2.00. The molecular weight excluding hydrogens is 162 g/mol. The molecule has 0 aromatic carbocycles. The second-order valence-electron chi connectivity index (χ2n) is 3.36. The van der Waals surface area contributed by atoms with Crippen LogP contribution in [-0.4, -0.2) is 14.3 Å². The summed E-state index contributed by atoms with van der Waals surface area (Å²) in [5, 5.41) is 4.27. The van der Waals surface area contributed by atoms with Gasteiger partial charge in [-0.3, -0.25) is 4.68 Å². The molecule has 0 bridgehead atoms. The Bertz CT molecular complexity index is 371. The molecule has 2 rings (SSSR count). The maximum absolute atomic E-state index is 4.27. The third kappa shape index (κ3) is 1.49. The monoisotopic (exact) mass is 175 g/mol. The smallest absolute Gasteiger partial charge is 0.0833 e. The van der Waals surface area contributed by atoms with E-state index in [0.717, 1.165) is 5.69 Å². The molecule has 2 aromatic heterocycles. The molecule has 0 atom stereocenters. The van der Waals surface area contributed by atoms with E-state index >= 15 is 0 Å². The van der Waals surface area contributed by atoms with Crippen molar-refractivity contribution in [3.63, 3.8) is 0 Å². The molecule has 0 spiro atoms. The van der Waals surface area contributed by atoms with Gasteiger partial charge < -0.3 is 4.57 Å². The Hall–Kier alpha value is -1.51. The van der Waals surface area contributed by atoms with E-state index in [1.165, 1.54) is 0 Å². The Balaban J connectivity index is 2.33. The maximum Gasteiger partial charge on any atom is 0.0833 e. The number of hydrogen-bond acceptors (Lipinski definition) is 1. The molecule has 0 aliphatic carbocycles. The predicted octanol–water partition coefficient (Wildman–Crippen LogP) is 2.25. The maximum atomic E-state index is 4.27. The van der Waals surface area contributed by atoms with E-state index in [4.69, 9.17) is 0 Å². The Labute approximate surface area is 77.6 Å². The third-order valence-electron chi connectivity index (χ3n) is 2.02. The number of nitrogens with zero attached hydrogens (tertiary/aromatic N) is 3. The van der Waals surface area contributed by atoms with Crippen LogP contribution in [0, 0.1) is 0 Å². The first-order valence-electron chi connectivity index (χ1n) is 4.45. The molecule has 0 amide bonds. The fourth-order valence-electron chi connectivity index (χ4n) is 1.25. The summed E-state index contributed by atoms with van der Waals surface area (Å²) in [4.78, 5) is 0. The van der Waals surface area contributed by atoms with Crippen molar-refractivity contribution >= 4 is 0 Å². The summed E-state index contributed by atoms with van der Waals surface area (Å²) in [6, 6.07) is 4.43. The molecule has 0 aliphatic rings. The topological polar surface area (TPSA) is 22.8 Å². The average Bonchev–Trinajstić information content (AvgIpc) is 2.75. The van der Waals surface area contributed by atoms with Gasteiger partial charge in [0.2, 0.25) is 0 Å². The van der Waals surface area contributed by atoms with Crippen molar-refractivity contribution in [3.05, 3.63) is 36.9 Å². The summed E-state index contributed by atoms with van der Waals surface area (Å²) in [5.41, 5.74) is 1.11. The number of aromatic nitrogens is 3. The van der Waals surface area contributed by atoms with E-state index in [-0.39, 0.29) is 0 Å². The molecule has 68 valence electrons. The van der Waals surface area contributed by atoms with Gasteiger partial charge in [0.15, 0.2) is 0 Å². The molecule has 3 heteroatoms. The number of hydrogen-bond donors (Lipinski definition) is 0. The van der Waals surface area contributed by atoms with Crippen LogP contribution in [0.15, 0.2) is 36.9 Å². The summed E-state index contributed by atoms with van der Waals surface area (Å²) in [5.74, 6) is 0. The van der Waals surface area contributed by atoms with Gasteiger partial charge in [-0.15, -0.1) is 0 Å². The first-order valence-corrected chi connectivity index (χ1v) is 4.45. The molecule has 0 saturated carbocycles. The highest BCUT2D eigenvalue weighted by Gasteiger charge is 2.01. The van der Waals surface area contributed by atoms with Crippen molar-refractivity contribution in [3.8, 4) is 5.69 Å². The van der Waals surface area contributed by atoms with Crippen LogP contribution >= 0.6 is 0 Å². The summed E-state index contributed by atoms with van der Waals surface area (Å²) in [7, 11) is 0. The average molecular weight is 175 g/mol. The minimum Gasteiger partial charge on any atom is -0.321 e. The molecular formula is C10H13N3. The Morgan fingerprint density at radius 2 is 1.92 bits per heavy atom. The van der Waals surface area contributed by atoms with Crippen LogP contribution in [0.25, 0.3) is 5.69 Å². The lowest BCUT2D eigenvalue weighted by molar-refractivity contribution is 0.532. The Morgan fingerprint density at radius 3 is 2.46 bits per heavy atom. The second-order valence-corrected chi connectivity index (χ2v) is 3.36. The van der Waals surface area contributed by atoms with Crippen molar-refractivity contribution in [2.75, 3.05) is 0 Å². The Morgan fingerprint density at radius 1 is 1.23 bits per heavy atom. The van der Waals surface area contributed by atoms with Gasteiger partial charge in [-0.1, -0.05) is 0 Å². The highest BCUT2D eigenvalue weighted by molar-refractivity contribution is 5.26. The quantitative estimate of drug-likeness (QED) is 0.686. The van der Waals surface area contributed by atoms with Crippen molar-refractivity contribution < 1.29 is 0 Å². The third-order valence-corrected chi connectivity index (χ3v) is 2.02. The SMILES string of the molecule is CC(C)n1cc(-n2cccc2)cn1. The van der Waals surface area contributed by atoms with Gasteiger partial charge in [0, 0.05) is 24.6 Å². The molecule has 0 radical (unpaired) electrons. The summed E-state index contributed by atoms with van der Waals surface area (Å²) in [6.45, 7) is 4.24. The van der Waals surface area contributed by atoms with Crippen molar-refractivity contribution in [1.29, 1.82) is 0 Å². The normalized spacial score (nSPS) is 11.0. The number of rotatable bonds is 2. The van der Waals surface area contributed by atoms with E-state index in [1.54, 1.807) is 0 Å². The van der Waals surface area contributed by atoms with Crippen LogP contribution in [0.2, 0.25) is 0 Å². The van der Waals surface area contributed by atoms with Crippen LogP contribution in [0.5, 0.6) is 0 Å². The standard InChI is InChI=1S/C10H13N3/c1-9(2)13-8-10(7-11-13)12-5-3-4-6-12/h3-9H,1-2H3. The first-order chi connectivity index (χ1) is 6.27. The van der Waals surface area contributed by atoms with Gasteiger partial charge in [-0.05, 0) is 26.0 Å². The van der Waals surface area contributed by atoms with Gasteiger partial charge in [0.25, 0.3) is 0 Å². The summed E-state index contributed by atoms with van der Waals surface area (Å²) >= 11 is 0. The van der Waals surface area contributed by atoms with Gasteiger partial charge in [0.05, 0.1) is 11.9 Å². The van der Waals surface area contributed by atoms with E-state index in [2.05, 4.69) is 18.9 Å². The van der Waals surface area contributed by atoms with E-state index in [9.17, 15) is 0 Å². The first kappa shape index (κ1) is 8.10. The zero-order chi connectivity index (χ0) is 9.26. The van der Waals surface area contributed by atoms with Gasteiger partial charge in [0.1, 0.15) is 0 Å². The molecule has 0 unspecified atom stereocenters. The largest absolute Gasteiger partial charge is 0.321 e. The second kappa shape index (κ2) is 3.09. The van der Waals surface area contributed by atoms with Gasteiger partial charge >= 0.3 is 0 Å². The van der Waals surface area contributed by atoms with Crippen molar-refractivity contribution in [2.45, 2.75) is 19.9 Å². The van der Waals surface area contributed by atoms with Gasteiger partial charge in [-0.2, -0.15) is 5.10 Å². The fraction of sp³-hybridized carbons (Fsp3) is 0.300. The predicted molar refractivity (Wildman–Crippen MR) is 51.9 cm³/mol. The van der Waals surface area contributed by atoms with Crippen LogP contribution in [-0.2, 0) is 0 Å². The zero-order valence-electron chi connectivity index (χ0n) is 7.88. The van der Waals surface area contributed by atoms with E-state index in [1.807, 2.05) is 46.2 Å². The van der Waals surface area contributed by atoms with E-state index in [0.29, 0.717) is 6.04 Å². The van der Waals surface area contributed by atoms with E-state index < -0.39 is 0 Å². The highest BCUT2D eigenvalue weighted by Crippen LogP contribution is 2.09. The molecule has 2 heterocycles. The van der Waals surface area contributed by atoms with Crippen molar-refractivity contribution in [2.24, 2.45) is 0 Å². The minimum atomic E-state index is 0.421. The Kier molecular flexibility index (Phi) is 1.93. The molecule has 0 fully saturated rings. The summed E-state index contributed by atoms with van der Waals surface area (Å²) < 4.78 is 4.00. The molecule has 0 saturated heterocycles. The van der Waals surface area contributed by atoms with Crippen LogP contribution in [0.3, 0.4) is 0 Å². The minimum absolute atomic E-state index is 0.421. The molecule has 3 nitrogen and oxygen atoms in total. The molecule has 13 heavy (non-hydrogen) atoms. The van der Waals surface area contributed by atoms with Crippen LogP contribution in [0.4, 0.5) is 0 Å². The van der Waals surface area contributed by atoms with Gasteiger partial charge in [-0.25, -0.2) is 0 Å². The zero-order valence-corrected chi connectivity index (χ0v) is 7.88. The summed E-state index contributed by atoms with van der Waals surface area (Å²) in [6.07, 6.45) is 7.95. The van der Waals surface area contributed by atoms with Crippen LogP contribution in [0.1, 0.15) is 19.9 Å². The van der Waals surface area contributed by atoms with Crippen molar-refractivity contribution in [1.82, 2.24) is 14.3 Å². The highest BCUT2D eigenvalue weighted by atomic mass is 15.3. The van der Waals surface area contributed by atoms with Crippen LogP contribution < -0.4 is 0 Å². The molecule has 0 N–H and O–H groups in total. The lowest BCUT2D eigenvalue weighted by Gasteiger charge is -2.03. The fourth-order valence-corrected chi connectivity index (χ4v) is 1.25. The lowest BCUT2D eigenvalue weighted by atomic mass is 10.4. The molecule has 2 aromatic rings.